The van der Waals surface area contributed by atoms with Crippen LogP contribution in [0.1, 0.15) is 24.0 Å². The summed E-state index contributed by atoms with van der Waals surface area (Å²) in [5.41, 5.74) is 9.50. The first-order valence-electron chi connectivity index (χ1n) is 6.70. The normalized spacial score (nSPS) is 14.9. The first-order chi connectivity index (χ1) is 9.27. The molecular formula is C15H18N4. The molecule has 0 amide bonds. The van der Waals surface area contributed by atoms with Gasteiger partial charge in [-0.15, -0.1) is 0 Å². The summed E-state index contributed by atoms with van der Waals surface area (Å²) in [5.74, 6) is 1.49. The quantitative estimate of drug-likeness (QED) is 0.850. The van der Waals surface area contributed by atoms with E-state index in [1.54, 1.807) is 6.33 Å². The molecule has 1 aliphatic rings. The van der Waals surface area contributed by atoms with E-state index in [9.17, 15) is 0 Å². The Morgan fingerprint density at radius 1 is 1.16 bits per heavy atom. The van der Waals surface area contributed by atoms with E-state index in [-0.39, 0.29) is 0 Å². The Kier molecular flexibility index (Phi) is 3.07. The van der Waals surface area contributed by atoms with Crippen molar-refractivity contribution in [1.29, 1.82) is 0 Å². The van der Waals surface area contributed by atoms with E-state index >= 15 is 0 Å². The number of benzene rings is 1. The van der Waals surface area contributed by atoms with E-state index < -0.39 is 0 Å². The van der Waals surface area contributed by atoms with Gasteiger partial charge in [0.25, 0.3) is 0 Å². The van der Waals surface area contributed by atoms with Gasteiger partial charge in [0.1, 0.15) is 18.0 Å². The predicted molar refractivity (Wildman–Crippen MR) is 77.6 cm³/mol. The Bertz CT molecular complexity index is 594. The minimum Gasteiger partial charge on any atom is -0.383 e. The molecule has 2 aromatic rings. The van der Waals surface area contributed by atoms with Gasteiger partial charge < -0.3 is 10.6 Å². The van der Waals surface area contributed by atoms with Crippen LogP contribution >= 0.6 is 0 Å². The first-order valence-corrected chi connectivity index (χ1v) is 6.70. The van der Waals surface area contributed by atoms with Gasteiger partial charge in [-0.05, 0) is 37.8 Å². The van der Waals surface area contributed by atoms with Gasteiger partial charge in [-0.1, -0.05) is 18.2 Å². The van der Waals surface area contributed by atoms with Crippen LogP contribution in [0.2, 0.25) is 0 Å². The van der Waals surface area contributed by atoms with Crippen molar-refractivity contribution in [1.82, 2.24) is 9.97 Å². The minimum atomic E-state index is 0.562. The van der Waals surface area contributed by atoms with Gasteiger partial charge in [0.05, 0.1) is 0 Å². The van der Waals surface area contributed by atoms with E-state index in [0.29, 0.717) is 5.82 Å². The fraction of sp³-hybridized carbons (Fsp3) is 0.333. The Hall–Kier alpha value is -2.10. The van der Waals surface area contributed by atoms with Gasteiger partial charge in [0.15, 0.2) is 0 Å². The highest BCUT2D eigenvalue weighted by Gasteiger charge is 2.19. The standard InChI is InChI=1S/C15H18N4/c1-11-14(16)17-10-18-15(11)19-9-5-4-7-12-6-2-3-8-13(12)19/h2-3,6,8,10H,4-5,7,9H2,1H3,(H2,16,17,18). The van der Waals surface area contributed by atoms with Crippen LogP contribution in [0.15, 0.2) is 30.6 Å². The SMILES string of the molecule is Cc1c(N)ncnc1N1CCCCc2ccccc21. The number of nitrogen functional groups attached to an aromatic ring is 1. The number of aromatic nitrogens is 2. The van der Waals surface area contributed by atoms with Gasteiger partial charge in [-0.2, -0.15) is 0 Å². The van der Waals surface area contributed by atoms with Gasteiger partial charge in [0, 0.05) is 17.8 Å². The molecule has 0 spiro atoms. The summed E-state index contributed by atoms with van der Waals surface area (Å²) < 4.78 is 0. The molecule has 2 N–H and O–H groups in total. The van der Waals surface area contributed by atoms with Crippen LogP contribution in [0.4, 0.5) is 17.3 Å². The van der Waals surface area contributed by atoms with Gasteiger partial charge >= 0.3 is 0 Å². The van der Waals surface area contributed by atoms with Crippen molar-refractivity contribution in [2.24, 2.45) is 0 Å². The maximum absolute atomic E-state index is 5.91. The number of rotatable bonds is 1. The van der Waals surface area contributed by atoms with Crippen molar-refractivity contribution < 1.29 is 0 Å². The van der Waals surface area contributed by atoms with Crippen LogP contribution in [0.25, 0.3) is 0 Å². The number of nitrogens with two attached hydrogens (primary N) is 1. The molecule has 4 heteroatoms. The highest BCUT2D eigenvalue weighted by Crippen LogP contribution is 2.33. The summed E-state index contributed by atoms with van der Waals surface area (Å²) in [7, 11) is 0. The van der Waals surface area contributed by atoms with E-state index in [1.807, 2.05) is 6.92 Å². The molecular weight excluding hydrogens is 236 g/mol. The molecule has 0 bridgehead atoms. The summed E-state index contributed by atoms with van der Waals surface area (Å²) >= 11 is 0. The third-order valence-corrected chi connectivity index (χ3v) is 3.71. The second kappa shape index (κ2) is 4.88. The maximum atomic E-state index is 5.91. The number of fused-ring (bicyclic) bond motifs is 1. The fourth-order valence-corrected chi connectivity index (χ4v) is 2.64. The summed E-state index contributed by atoms with van der Waals surface area (Å²) in [6.45, 7) is 2.96. The summed E-state index contributed by atoms with van der Waals surface area (Å²) in [5, 5.41) is 0. The topological polar surface area (TPSA) is 55.0 Å². The molecule has 0 saturated heterocycles. The van der Waals surface area contributed by atoms with Crippen molar-refractivity contribution >= 4 is 17.3 Å². The monoisotopic (exact) mass is 254 g/mol. The van der Waals surface area contributed by atoms with Crippen LogP contribution in [0, 0.1) is 6.92 Å². The minimum absolute atomic E-state index is 0.562. The number of anilines is 3. The fourth-order valence-electron chi connectivity index (χ4n) is 2.64. The van der Waals surface area contributed by atoms with Crippen molar-refractivity contribution in [2.75, 3.05) is 17.2 Å². The largest absolute Gasteiger partial charge is 0.383 e. The number of hydrogen-bond donors (Lipinski definition) is 1. The molecule has 2 heterocycles. The zero-order chi connectivity index (χ0) is 13.2. The number of nitrogens with zero attached hydrogens (tertiary/aromatic N) is 3. The lowest BCUT2D eigenvalue weighted by atomic mass is 10.1. The first kappa shape index (κ1) is 12.0. The highest BCUT2D eigenvalue weighted by molar-refractivity contribution is 5.69. The van der Waals surface area contributed by atoms with Gasteiger partial charge in [-0.3, -0.25) is 0 Å². The molecule has 0 saturated carbocycles. The molecule has 0 radical (unpaired) electrons. The molecule has 4 nitrogen and oxygen atoms in total. The van der Waals surface area contributed by atoms with Crippen molar-refractivity contribution in [2.45, 2.75) is 26.2 Å². The zero-order valence-electron chi connectivity index (χ0n) is 11.1. The molecule has 1 aliphatic heterocycles. The van der Waals surface area contributed by atoms with Crippen LogP contribution in [0.3, 0.4) is 0 Å². The molecule has 19 heavy (non-hydrogen) atoms. The van der Waals surface area contributed by atoms with E-state index in [0.717, 1.165) is 30.8 Å². The molecule has 1 aromatic heterocycles. The Labute approximate surface area is 113 Å². The average molecular weight is 254 g/mol. The van der Waals surface area contributed by atoms with Crippen molar-refractivity contribution in [3.63, 3.8) is 0 Å². The summed E-state index contributed by atoms with van der Waals surface area (Å²) in [6, 6.07) is 8.55. The second-order valence-corrected chi connectivity index (χ2v) is 4.94. The lowest BCUT2D eigenvalue weighted by Crippen LogP contribution is -2.21. The molecule has 0 unspecified atom stereocenters. The van der Waals surface area contributed by atoms with Crippen LogP contribution in [-0.2, 0) is 6.42 Å². The van der Waals surface area contributed by atoms with Crippen LogP contribution in [-0.4, -0.2) is 16.5 Å². The number of aryl methyl sites for hydroxylation is 1. The van der Waals surface area contributed by atoms with E-state index in [4.69, 9.17) is 5.73 Å². The van der Waals surface area contributed by atoms with Gasteiger partial charge in [0.2, 0.25) is 0 Å². The number of para-hydroxylation sites is 1. The summed E-state index contributed by atoms with van der Waals surface area (Å²) in [6.07, 6.45) is 5.06. The smallest absolute Gasteiger partial charge is 0.141 e. The van der Waals surface area contributed by atoms with E-state index in [1.165, 1.54) is 17.7 Å². The van der Waals surface area contributed by atoms with E-state index in [2.05, 4.69) is 39.1 Å². The molecule has 0 fully saturated rings. The zero-order valence-corrected chi connectivity index (χ0v) is 11.1. The molecule has 3 rings (SSSR count). The Morgan fingerprint density at radius 3 is 2.89 bits per heavy atom. The molecule has 0 atom stereocenters. The van der Waals surface area contributed by atoms with Crippen molar-refractivity contribution in [3.8, 4) is 0 Å². The van der Waals surface area contributed by atoms with Crippen LogP contribution in [0.5, 0.6) is 0 Å². The number of hydrogen-bond acceptors (Lipinski definition) is 4. The van der Waals surface area contributed by atoms with Gasteiger partial charge in [-0.25, -0.2) is 9.97 Å². The Balaban J connectivity index is 2.12. The second-order valence-electron chi connectivity index (χ2n) is 4.94. The lowest BCUT2D eigenvalue weighted by molar-refractivity contribution is 0.756. The molecule has 98 valence electrons. The average Bonchev–Trinajstić information content (AvgIpc) is 2.64. The Morgan fingerprint density at radius 2 is 2.00 bits per heavy atom. The summed E-state index contributed by atoms with van der Waals surface area (Å²) in [4.78, 5) is 10.8. The third-order valence-electron chi connectivity index (χ3n) is 3.71. The van der Waals surface area contributed by atoms with Crippen LogP contribution < -0.4 is 10.6 Å². The maximum Gasteiger partial charge on any atom is 0.141 e. The van der Waals surface area contributed by atoms with Crippen molar-refractivity contribution in [3.05, 3.63) is 41.7 Å². The third kappa shape index (κ3) is 2.14. The molecule has 0 aliphatic carbocycles. The molecule has 1 aromatic carbocycles. The lowest BCUT2D eigenvalue weighted by Gasteiger charge is -2.25. The predicted octanol–water partition coefficient (Wildman–Crippen LogP) is 2.84. The highest BCUT2D eigenvalue weighted by atomic mass is 15.2.